The van der Waals surface area contributed by atoms with Crippen molar-refractivity contribution in [3.63, 3.8) is 0 Å². The summed E-state index contributed by atoms with van der Waals surface area (Å²) < 4.78 is 5.09. The van der Waals surface area contributed by atoms with Crippen molar-refractivity contribution in [1.82, 2.24) is 4.98 Å². The van der Waals surface area contributed by atoms with Crippen LogP contribution < -0.4 is 5.73 Å². The molecule has 0 saturated heterocycles. The second kappa shape index (κ2) is 4.37. The molecule has 0 amide bonds. The maximum absolute atomic E-state index is 11.7. The van der Waals surface area contributed by atoms with Crippen LogP contribution in [0.15, 0.2) is 28.2 Å². The van der Waals surface area contributed by atoms with Gasteiger partial charge in [0.1, 0.15) is 16.5 Å². The molecule has 0 aromatic carbocycles. The average Bonchev–Trinajstić information content (AvgIpc) is 2.86. The third kappa shape index (κ3) is 2.31. The van der Waals surface area contributed by atoms with Crippen molar-refractivity contribution >= 4 is 17.1 Å². The number of carbonyl (C=O) groups is 1. The highest BCUT2D eigenvalue weighted by molar-refractivity contribution is 7.09. The predicted octanol–water partition coefficient (Wildman–Crippen LogP) is 1.62. The third-order valence-corrected chi connectivity index (χ3v) is 2.80. The minimum atomic E-state index is -0.0408. The Hall–Kier alpha value is -1.46. The Morgan fingerprint density at radius 2 is 2.47 bits per heavy atom. The molecule has 2 rings (SSSR count). The first kappa shape index (κ1) is 10.1. The van der Waals surface area contributed by atoms with Crippen molar-refractivity contribution in [3.05, 3.63) is 40.2 Å². The third-order valence-electron chi connectivity index (χ3n) is 1.93. The molecule has 0 radical (unpaired) electrons. The van der Waals surface area contributed by atoms with Crippen molar-refractivity contribution in [3.8, 4) is 0 Å². The lowest BCUT2D eigenvalue weighted by Crippen LogP contribution is -2.04. The smallest absolute Gasteiger partial charge is 0.189 e. The van der Waals surface area contributed by atoms with Crippen LogP contribution in [0.3, 0.4) is 0 Å². The normalized spacial score (nSPS) is 10.5. The number of rotatable bonds is 4. The van der Waals surface area contributed by atoms with Crippen LogP contribution in [-0.4, -0.2) is 10.8 Å². The van der Waals surface area contributed by atoms with Gasteiger partial charge in [-0.25, -0.2) is 4.98 Å². The highest BCUT2D eigenvalue weighted by Gasteiger charge is 2.12. The molecule has 0 bridgehead atoms. The lowest BCUT2D eigenvalue weighted by molar-refractivity contribution is 0.0982. The van der Waals surface area contributed by atoms with E-state index in [4.69, 9.17) is 10.2 Å². The number of nitrogens with zero attached hydrogens (tertiary/aromatic N) is 1. The molecular weight excluding hydrogens is 212 g/mol. The van der Waals surface area contributed by atoms with Gasteiger partial charge in [0.15, 0.2) is 5.78 Å². The zero-order valence-electron chi connectivity index (χ0n) is 7.97. The van der Waals surface area contributed by atoms with Gasteiger partial charge in [0.2, 0.25) is 0 Å². The Kier molecular flexibility index (Phi) is 2.94. The van der Waals surface area contributed by atoms with Gasteiger partial charge in [0.25, 0.3) is 0 Å². The van der Waals surface area contributed by atoms with Gasteiger partial charge in [-0.3, -0.25) is 4.79 Å². The lowest BCUT2D eigenvalue weighted by atomic mass is 10.2. The number of hydrogen-bond acceptors (Lipinski definition) is 5. The summed E-state index contributed by atoms with van der Waals surface area (Å²) in [6.07, 6.45) is 1.80. The van der Waals surface area contributed by atoms with E-state index in [1.165, 1.54) is 11.3 Å². The van der Waals surface area contributed by atoms with Crippen LogP contribution in [0.5, 0.6) is 0 Å². The van der Waals surface area contributed by atoms with Gasteiger partial charge in [-0.2, -0.15) is 0 Å². The molecule has 0 fully saturated rings. The number of nitrogens with two attached hydrogens (primary N) is 1. The number of furan rings is 1. The summed E-state index contributed by atoms with van der Waals surface area (Å²) >= 11 is 1.40. The maximum atomic E-state index is 11.7. The van der Waals surface area contributed by atoms with Gasteiger partial charge in [-0.1, -0.05) is 0 Å². The van der Waals surface area contributed by atoms with E-state index in [1.807, 2.05) is 0 Å². The molecule has 0 unspecified atom stereocenters. The second-order valence-electron chi connectivity index (χ2n) is 3.01. The monoisotopic (exact) mass is 222 g/mol. The molecular formula is C10H10N2O2S. The maximum Gasteiger partial charge on any atom is 0.189 e. The first-order valence-electron chi connectivity index (χ1n) is 4.49. The molecule has 2 N–H and O–H groups in total. The van der Waals surface area contributed by atoms with Crippen molar-refractivity contribution < 1.29 is 9.21 Å². The van der Waals surface area contributed by atoms with Gasteiger partial charge in [0.05, 0.1) is 12.7 Å². The minimum Gasteiger partial charge on any atom is -0.469 e. The van der Waals surface area contributed by atoms with E-state index in [0.717, 1.165) is 5.01 Å². The van der Waals surface area contributed by atoms with Crippen molar-refractivity contribution in [2.24, 2.45) is 5.73 Å². The summed E-state index contributed by atoms with van der Waals surface area (Å²) in [7, 11) is 0. The van der Waals surface area contributed by atoms with Crippen LogP contribution in [0.25, 0.3) is 0 Å². The average molecular weight is 222 g/mol. The molecule has 0 saturated carbocycles. The standard InChI is InChI=1S/C10H10N2O2S/c11-5-10-12-8(6-15-10)9(13)4-7-2-1-3-14-7/h1-3,6H,4-5,11H2. The first-order valence-corrected chi connectivity index (χ1v) is 5.37. The molecule has 0 atom stereocenters. The van der Waals surface area contributed by atoms with Crippen LogP contribution in [0, 0.1) is 0 Å². The Balaban J connectivity index is 2.08. The topological polar surface area (TPSA) is 69.1 Å². The van der Waals surface area contributed by atoms with Crippen molar-refractivity contribution in [1.29, 1.82) is 0 Å². The van der Waals surface area contributed by atoms with E-state index in [-0.39, 0.29) is 12.2 Å². The summed E-state index contributed by atoms with van der Waals surface area (Å²) in [6.45, 7) is 0.374. The van der Waals surface area contributed by atoms with Gasteiger partial charge in [-0.15, -0.1) is 11.3 Å². The predicted molar refractivity (Wildman–Crippen MR) is 56.7 cm³/mol. The van der Waals surface area contributed by atoms with E-state index in [0.29, 0.717) is 18.0 Å². The number of aromatic nitrogens is 1. The molecule has 15 heavy (non-hydrogen) atoms. The lowest BCUT2D eigenvalue weighted by Gasteiger charge is -1.93. The molecule has 0 spiro atoms. The Bertz CT molecular complexity index is 448. The molecule has 78 valence electrons. The Morgan fingerprint density at radius 3 is 3.07 bits per heavy atom. The molecule has 5 heteroatoms. The zero-order chi connectivity index (χ0) is 10.7. The van der Waals surface area contributed by atoms with Gasteiger partial charge >= 0.3 is 0 Å². The summed E-state index contributed by atoms with van der Waals surface area (Å²) in [6, 6.07) is 3.53. The van der Waals surface area contributed by atoms with Crippen LogP contribution in [0.1, 0.15) is 21.3 Å². The molecule has 0 aliphatic carbocycles. The highest BCUT2D eigenvalue weighted by Crippen LogP contribution is 2.12. The van der Waals surface area contributed by atoms with E-state index in [9.17, 15) is 4.79 Å². The minimum absolute atomic E-state index is 0.0408. The fourth-order valence-electron chi connectivity index (χ4n) is 1.19. The van der Waals surface area contributed by atoms with Crippen molar-refractivity contribution in [2.75, 3.05) is 0 Å². The quantitative estimate of drug-likeness (QED) is 0.798. The molecule has 2 aromatic rings. The SMILES string of the molecule is NCc1nc(C(=O)Cc2ccco2)cs1. The fraction of sp³-hybridized carbons (Fsp3) is 0.200. The fourth-order valence-corrected chi connectivity index (χ4v) is 1.87. The van der Waals surface area contributed by atoms with E-state index in [1.54, 1.807) is 23.8 Å². The van der Waals surface area contributed by atoms with Crippen molar-refractivity contribution in [2.45, 2.75) is 13.0 Å². The zero-order valence-corrected chi connectivity index (χ0v) is 8.79. The number of hydrogen-bond donors (Lipinski definition) is 1. The van der Waals surface area contributed by atoms with Crippen LogP contribution in [-0.2, 0) is 13.0 Å². The molecule has 0 aliphatic rings. The number of ketones is 1. The number of thiazole rings is 1. The number of Topliss-reactive ketones (excluding diaryl/α,β-unsaturated/α-hetero) is 1. The highest BCUT2D eigenvalue weighted by atomic mass is 32.1. The summed E-state index contributed by atoms with van der Waals surface area (Å²) in [5.74, 6) is 0.614. The molecule has 2 heterocycles. The molecule has 4 nitrogen and oxygen atoms in total. The van der Waals surface area contributed by atoms with Crippen LogP contribution >= 0.6 is 11.3 Å². The van der Waals surface area contributed by atoms with Gasteiger partial charge in [-0.05, 0) is 12.1 Å². The van der Waals surface area contributed by atoms with E-state index in [2.05, 4.69) is 4.98 Å². The van der Waals surface area contributed by atoms with Crippen LogP contribution in [0.4, 0.5) is 0 Å². The largest absolute Gasteiger partial charge is 0.469 e. The summed E-state index contributed by atoms with van der Waals surface area (Å²) in [5, 5.41) is 2.51. The summed E-state index contributed by atoms with van der Waals surface area (Å²) in [4.78, 5) is 15.8. The Morgan fingerprint density at radius 1 is 1.60 bits per heavy atom. The van der Waals surface area contributed by atoms with E-state index >= 15 is 0 Å². The van der Waals surface area contributed by atoms with Gasteiger partial charge in [0, 0.05) is 11.9 Å². The molecule has 2 aromatic heterocycles. The second-order valence-corrected chi connectivity index (χ2v) is 3.95. The summed E-state index contributed by atoms with van der Waals surface area (Å²) in [5.41, 5.74) is 5.89. The van der Waals surface area contributed by atoms with Crippen LogP contribution in [0.2, 0.25) is 0 Å². The van der Waals surface area contributed by atoms with E-state index < -0.39 is 0 Å². The molecule has 0 aliphatic heterocycles. The Labute approximate surface area is 90.7 Å². The van der Waals surface area contributed by atoms with Gasteiger partial charge < -0.3 is 10.2 Å². The number of carbonyl (C=O) groups excluding carboxylic acids is 1. The first-order chi connectivity index (χ1) is 7.29.